The molecule has 4 heteroatoms. The summed E-state index contributed by atoms with van der Waals surface area (Å²) in [4.78, 5) is 11.3. The van der Waals surface area contributed by atoms with E-state index in [-0.39, 0.29) is 0 Å². The second kappa shape index (κ2) is 6.34. The minimum absolute atomic E-state index is 0.566. The van der Waals surface area contributed by atoms with Crippen LogP contribution in [0.5, 0.6) is 0 Å². The molecule has 0 spiro atoms. The molecule has 3 nitrogen and oxygen atoms in total. The zero-order chi connectivity index (χ0) is 13.8. The molecule has 0 aromatic heterocycles. The maximum absolute atomic E-state index is 11.3. The highest BCUT2D eigenvalue weighted by molar-refractivity contribution is 9.10. The van der Waals surface area contributed by atoms with Gasteiger partial charge in [0.2, 0.25) is 0 Å². The molecular formula is C14H20BrNO2. The van der Waals surface area contributed by atoms with Gasteiger partial charge >= 0.3 is 5.97 Å². The molecule has 18 heavy (non-hydrogen) atoms. The van der Waals surface area contributed by atoms with Crippen molar-refractivity contribution in [3.05, 3.63) is 33.8 Å². The van der Waals surface area contributed by atoms with E-state index in [4.69, 9.17) is 0 Å². The fourth-order valence-electron chi connectivity index (χ4n) is 1.88. The van der Waals surface area contributed by atoms with Crippen LogP contribution in [-0.2, 0) is 11.3 Å². The van der Waals surface area contributed by atoms with Gasteiger partial charge in [-0.3, -0.25) is 10.1 Å². The number of rotatable bonds is 6. The molecule has 0 amide bonds. The number of halogens is 1. The third kappa shape index (κ3) is 3.82. The molecular weight excluding hydrogens is 294 g/mol. The van der Waals surface area contributed by atoms with Crippen molar-refractivity contribution < 1.29 is 9.90 Å². The first kappa shape index (κ1) is 15.2. The van der Waals surface area contributed by atoms with Crippen LogP contribution in [0.1, 0.15) is 37.8 Å². The van der Waals surface area contributed by atoms with Gasteiger partial charge in [0, 0.05) is 11.0 Å². The molecule has 1 aromatic carbocycles. The lowest BCUT2D eigenvalue weighted by Gasteiger charge is -2.26. The first-order valence-corrected chi connectivity index (χ1v) is 6.92. The van der Waals surface area contributed by atoms with Crippen LogP contribution in [0.3, 0.4) is 0 Å². The number of benzene rings is 1. The molecule has 0 bridgehead atoms. The monoisotopic (exact) mass is 313 g/mol. The summed E-state index contributed by atoms with van der Waals surface area (Å²) in [7, 11) is 0. The molecule has 100 valence electrons. The lowest BCUT2D eigenvalue weighted by molar-refractivity contribution is -0.144. The molecule has 0 fully saturated rings. The third-order valence-corrected chi connectivity index (χ3v) is 4.02. The first-order chi connectivity index (χ1) is 8.39. The van der Waals surface area contributed by atoms with Crippen molar-refractivity contribution in [2.24, 2.45) is 0 Å². The maximum atomic E-state index is 11.3. The average Bonchev–Trinajstić information content (AvgIpc) is 2.31. The smallest absolute Gasteiger partial charge is 0.323 e. The Morgan fingerprint density at radius 3 is 2.67 bits per heavy atom. The summed E-state index contributed by atoms with van der Waals surface area (Å²) >= 11 is 3.45. The number of hydrogen-bond acceptors (Lipinski definition) is 2. The van der Waals surface area contributed by atoms with Gasteiger partial charge in [-0.1, -0.05) is 41.4 Å². The molecule has 1 unspecified atom stereocenters. The predicted molar refractivity (Wildman–Crippen MR) is 76.7 cm³/mol. The van der Waals surface area contributed by atoms with Gasteiger partial charge in [0.1, 0.15) is 5.54 Å². The molecule has 1 atom stereocenters. The van der Waals surface area contributed by atoms with Crippen LogP contribution < -0.4 is 5.32 Å². The quantitative estimate of drug-likeness (QED) is 0.845. The number of aryl methyl sites for hydroxylation is 1. The van der Waals surface area contributed by atoms with Crippen LogP contribution in [0, 0.1) is 6.92 Å². The average molecular weight is 314 g/mol. The first-order valence-electron chi connectivity index (χ1n) is 6.12. The van der Waals surface area contributed by atoms with Gasteiger partial charge < -0.3 is 5.11 Å². The molecule has 0 aliphatic carbocycles. The molecule has 1 aromatic rings. The van der Waals surface area contributed by atoms with Gasteiger partial charge in [0.05, 0.1) is 0 Å². The standard InChI is InChI=1S/C14H20BrNO2/c1-4-7-14(3,13(17)18)16-9-11-5-6-12(15)10(2)8-11/h5-6,8,16H,4,7,9H2,1-3H3,(H,17,18). The van der Waals surface area contributed by atoms with Crippen molar-refractivity contribution in [2.75, 3.05) is 0 Å². The van der Waals surface area contributed by atoms with Crippen LogP contribution in [-0.4, -0.2) is 16.6 Å². The van der Waals surface area contributed by atoms with Gasteiger partial charge in [-0.05, 0) is 37.5 Å². The summed E-state index contributed by atoms with van der Waals surface area (Å²) in [6.07, 6.45) is 1.47. The Labute approximate surface area is 117 Å². The van der Waals surface area contributed by atoms with Crippen molar-refractivity contribution >= 4 is 21.9 Å². The zero-order valence-corrected chi connectivity index (χ0v) is 12.7. The van der Waals surface area contributed by atoms with Gasteiger partial charge in [-0.25, -0.2) is 0 Å². The van der Waals surface area contributed by atoms with E-state index >= 15 is 0 Å². The summed E-state index contributed by atoms with van der Waals surface area (Å²) in [5.41, 5.74) is 1.40. The number of carboxylic acid groups (broad SMARTS) is 1. The van der Waals surface area contributed by atoms with Gasteiger partial charge in [-0.2, -0.15) is 0 Å². The lowest BCUT2D eigenvalue weighted by Crippen LogP contribution is -2.48. The summed E-state index contributed by atoms with van der Waals surface area (Å²) in [5.74, 6) is -0.793. The summed E-state index contributed by atoms with van der Waals surface area (Å²) in [5, 5.41) is 12.4. The highest BCUT2D eigenvalue weighted by atomic mass is 79.9. The fourth-order valence-corrected chi connectivity index (χ4v) is 2.13. The largest absolute Gasteiger partial charge is 0.480 e. The molecule has 0 saturated carbocycles. The highest BCUT2D eigenvalue weighted by Crippen LogP contribution is 2.18. The van der Waals surface area contributed by atoms with E-state index in [1.54, 1.807) is 6.92 Å². The number of hydrogen-bond donors (Lipinski definition) is 2. The van der Waals surface area contributed by atoms with Crippen molar-refractivity contribution in [1.82, 2.24) is 5.32 Å². The topological polar surface area (TPSA) is 49.3 Å². The minimum Gasteiger partial charge on any atom is -0.480 e. The molecule has 0 aliphatic rings. The number of carboxylic acids is 1. The van der Waals surface area contributed by atoms with Crippen LogP contribution >= 0.6 is 15.9 Å². The molecule has 1 rings (SSSR count). The Bertz CT molecular complexity index is 434. The van der Waals surface area contributed by atoms with Crippen molar-refractivity contribution in [1.29, 1.82) is 0 Å². The van der Waals surface area contributed by atoms with E-state index < -0.39 is 11.5 Å². The molecule has 2 N–H and O–H groups in total. The van der Waals surface area contributed by atoms with E-state index in [9.17, 15) is 9.90 Å². The van der Waals surface area contributed by atoms with Crippen LogP contribution in [0.4, 0.5) is 0 Å². The molecule has 0 aliphatic heterocycles. The zero-order valence-electron chi connectivity index (χ0n) is 11.1. The molecule has 0 saturated heterocycles. The van der Waals surface area contributed by atoms with Crippen LogP contribution in [0.15, 0.2) is 22.7 Å². The van der Waals surface area contributed by atoms with Crippen molar-refractivity contribution in [3.8, 4) is 0 Å². The fraction of sp³-hybridized carbons (Fsp3) is 0.500. The third-order valence-electron chi connectivity index (χ3n) is 3.13. The summed E-state index contributed by atoms with van der Waals surface area (Å²) in [6.45, 7) is 6.32. The second-order valence-electron chi connectivity index (χ2n) is 4.82. The van der Waals surface area contributed by atoms with Gasteiger partial charge in [0.15, 0.2) is 0 Å². The summed E-state index contributed by atoms with van der Waals surface area (Å²) in [6, 6.07) is 6.05. The van der Waals surface area contributed by atoms with E-state index in [2.05, 4.69) is 27.3 Å². The summed E-state index contributed by atoms with van der Waals surface area (Å²) < 4.78 is 1.07. The van der Waals surface area contributed by atoms with Crippen molar-refractivity contribution in [3.63, 3.8) is 0 Å². The maximum Gasteiger partial charge on any atom is 0.323 e. The second-order valence-corrected chi connectivity index (χ2v) is 5.68. The number of nitrogens with one attached hydrogen (secondary N) is 1. The predicted octanol–water partition coefficient (Wildman–Crippen LogP) is 3.49. The number of carbonyl (C=O) groups is 1. The van der Waals surface area contributed by atoms with Crippen LogP contribution in [0.2, 0.25) is 0 Å². The highest BCUT2D eigenvalue weighted by Gasteiger charge is 2.31. The van der Waals surface area contributed by atoms with Gasteiger partial charge in [-0.15, -0.1) is 0 Å². The number of aliphatic carboxylic acids is 1. The lowest BCUT2D eigenvalue weighted by atomic mass is 9.96. The molecule has 0 radical (unpaired) electrons. The Balaban J connectivity index is 2.73. The van der Waals surface area contributed by atoms with E-state index in [1.807, 2.05) is 26.0 Å². The van der Waals surface area contributed by atoms with E-state index in [1.165, 1.54) is 0 Å². The minimum atomic E-state index is -0.851. The van der Waals surface area contributed by atoms with Gasteiger partial charge in [0.25, 0.3) is 0 Å². The van der Waals surface area contributed by atoms with Crippen LogP contribution in [0.25, 0.3) is 0 Å². The van der Waals surface area contributed by atoms with E-state index in [0.717, 1.165) is 22.0 Å². The SMILES string of the molecule is CCCC(C)(NCc1ccc(Br)c(C)c1)C(=O)O. The van der Waals surface area contributed by atoms with Crippen molar-refractivity contribution in [2.45, 2.75) is 45.7 Å². The Morgan fingerprint density at radius 1 is 1.50 bits per heavy atom. The Kier molecular flexibility index (Phi) is 5.35. The molecule has 0 heterocycles. The Hall–Kier alpha value is -0.870. The normalized spacial score (nSPS) is 14.2. The van der Waals surface area contributed by atoms with E-state index in [0.29, 0.717) is 13.0 Å². The Morgan fingerprint density at radius 2 is 2.17 bits per heavy atom.